The van der Waals surface area contributed by atoms with Crippen molar-refractivity contribution < 1.29 is 4.92 Å². The Morgan fingerprint density at radius 2 is 2.29 bits per heavy atom. The van der Waals surface area contributed by atoms with E-state index in [-0.39, 0.29) is 9.92 Å². The van der Waals surface area contributed by atoms with Gasteiger partial charge in [-0.2, -0.15) is 0 Å². The van der Waals surface area contributed by atoms with Crippen LogP contribution >= 0.6 is 11.3 Å². The second kappa shape index (κ2) is 6.51. The lowest BCUT2D eigenvalue weighted by Crippen LogP contribution is -2.18. The Morgan fingerprint density at radius 3 is 2.76 bits per heavy atom. The Kier molecular flexibility index (Phi) is 5.31. The first kappa shape index (κ1) is 13.9. The lowest BCUT2D eigenvalue weighted by molar-refractivity contribution is -0.380. The zero-order chi connectivity index (χ0) is 12.8. The van der Waals surface area contributed by atoms with E-state index >= 15 is 0 Å². The normalized spacial score (nSPS) is 12.1. The van der Waals surface area contributed by atoms with Gasteiger partial charge in [-0.15, -0.1) is 0 Å². The maximum absolute atomic E-state index is 10.6. The molecule has 0 aliphatic rings. The number of nitrogens with zero attached hydrogens (tertiary/aromatic N) is 1. The predicted molar refractivity (Wildman–Crippen MR) is 72.3 cm³/mol. The number of hydrogen-bond donors (Lipinski definition) is 1. The van der Waals surface area contributed by atoms with Crippen LogP contribution in [0.4, 0.5) is 5.00 Å². The van der Waals surface area contributed by atoms with E-state index in [0.29, 0.717) is 5.92 Å². The van der Waals surface area contributed by atoms with Gasteiger partial charge in [0, 0.05) is 17.5 Å². The number of hydrogen-bond acceptors (Lipinski definition) is 4. The Bertz CT molecular complexity index is 410. The average molecular weight is 254 g/mol. The van der Waals surface area contributed by atoms with Crippen molar-refractivity contribution in [2.45, 2.75) is 20.8 Å². The second-order valence-electron chi connectivity index (χ2n) is 4.09. The van der Waals surface area contributed by atoms with Crippen molar-refractivity contribution in [3.8, 4) is 0 Å². The highest BCUT2D eigenvalue weighted by molar-refractivity contribution is 7.16. The molecule has 94 valence electrons. The van der Waals surface area contributed by atoms with Gasteiger partial charge in [-0.1, -0.05) is 37.7 Å². The molecule has 1 aromatic heterocycles. The summed E-state index contributed by atoms with van der Waals surface area (Å²) in [4.78, 5) is 11.2. The molecule has 0 fully saturated rings. The quantitative estimate of drug-likeness (QED) is 0.626. The van der Waals surface area contributed by atoms with Crippen LogP contribution in [0.25, 0.3) is 6.08 Å². The Balaban J connectivity index is 2.84. The fourth-order valence-electron chi connectivity index (χ4n) is 1.39. The van der Waals surface area contributed by atoms with Gasteiger partial charge in [-0.05, 0) is 24.6 Å². The fraction of sp³-hybridized carbons (Fsp3) is 0.500. The van der Waals surface area contributed by atoms with E-state index in [1.165, 1.54) is 16.9 Å². The van der Waals surface area contributed by atoms with Crippen molar-refractivity contribution in [2.75, 3.05) is 13.1 Å². The van der Waals surface area contributed by atoms with Gasteiger partial charge in [0.15, 0.2) is 0 Å². The molecule has 1 N–H and O–H groups in total. The molecule has 0 spiro atoms. The Hall–Kier alpha value is -1.20. The van der Waals surface area contributed by atoms with Crippen molar-refractivity contribution in [3.05, 3.63) is 32.7 Å². The van der Waals surface area contributed by atoms with E-state index in [4.69, 9.17) is 0 Å². The smallest absolute Gasteiger partial charge is 0.313 e. The van der Waals surface area contributed by atoms with Crippen LogP contribution in [0.15, 0.2) is 17.7 Å². The monoisotopic (exact) mass is 254 g/mol. The van der Waals surface area contributed by atoms with Crippen LogP contribution in [0.3, 0.4) is 0 Å². The van der Waals surface area contributed by atoms with Crippen molar-refractivity contribution in [1.82, 2.24) is 5.32 Å². The molecule has 0 atom stereocenters. The molecule has 4 nitrogen and oxygen atoms in total. The summed E-state index contributed by atoms with van der Waals surface area (Å²) in [6.45, 7) is 8.08. The second-order valence-corrected chi connectivity index (χ2v) is 5.18. The minimum atomic E-state index is -0.346. The molecule has 0 aliphatic carbocycles. The highest BCUT2D eigenvalue weighted by Gasteiger charge is 2.10. The summed E-state index contributed by atoms with van der Waals surface area (Å²) in [7, 11) is 0. The van der Waals surface area contributed by atoms with Crippen LogP contribution in [0.1, 0.15) is 25.6 Å². The van der Waals surface area contributed by atoms with E-state index in [0.717, 1.165) is 18.0 Å². The number of thiophene rings is 1. The topological polar surface area (TPSA) is 55.2 Å². The minimum absolute atomic E-state index is 0.197. The van der Waals surface area contributed by atoms with Crippen molar-refractivity contribution in [2.24, 2.45) is 5.92 Å². The van der Waals surface area contributed by atoms with E-state index in [9.17, 15) is 10.1 Å². The van der Waals surface area contributed by atoms with Gasteiger partial charge in [0.05, 0.1) is 4.92 Å². The predicted octanol–water partition coefficient (Wildman–Crippen LogP) is 3.31. The number of likely N-dealkylation sites (N-methyl/N-ethyl adjacent to an activating group) is 1. The minimum Gasteiger partial charge on any atom is -0.313 e. The molecule has 1 heterocycles. The molecule has 1 rings (SSSR count). The van der Waals surface area contributed by atoms with Crippen LogP contribution in [0.5, 0.6) is 0 Å². The van der Waals surface area contributed by atoms with Crippen LogP contribution in [0.2, 0.25) is 0 Å². The van der Waals surface area contributed by atoms with E-state index < -0.39 is 0 Å². The molecule has 0 radical (unpaired) electrons. The number of rotatable bonds is 6. The first-order valence-electron chi connectivity index (χ1n) is 5.70. The fourth-order valence-corrected chi connectivity index (χ4v) is 2.19. The van der Waals surface area contributed by atoms with Crippen LogP contribution in [0, 0.1) is 16.0 Å². The lowest BCUT2D eigenvalue weighted by Gasteiger charge is -2.11. The van der Waals surface area contributed by atoms with E-state index in [1.807, 2.05) is 6.08 Å². The standard InChI is InChI=1S/C12H18N2O2S/c1-4-13-8-10(9(2)3)7-11-5-6-12(17-11)14(15)16/h5-7,9,13H,4,8H2,1-3H3/b10-7-. The third kappa shape index (κ3) is 4.28. The summed E-state index contributed by atoms with van der Waals surface area (Å²) in [6, 6.07) is 3.36. The summed E-state index contributed by atoms with van der Waals surface area (Å²) < 4.78 is 0. The molecular formula is C12H18N2O2S. The molecule has 0 aromatic carbocycles. The maximum atomic E-state index is 10.6. The molecule has 0 amide bonds. The van der Waals surface area contributed by atoms with Crippen molar-refractivity contribution in [1.29, 1.82) is 0 Å². The molecule has 0 bridgehead atoms. The summed E-state index contributed by atoms with van der Waals surface area (Å²) in [5, 5.41) is 14.1. The molecule has 0 unspecified atom stereocenters. The number of nitro groups is 1. The van der Waals surface area contributed by atoms with Gasteiger partial charge in [0.1, 0.15) is 0 Å². The van der Waals surface area contributed by atoms with E-state index in [1.54, 1.807) is 12.1 Å². The lowest BCUT2D eigenvalue weighted by atomic mass is 10.0. The first-order valence-corrected chi connectivity index (χ1v) is 6.51. The van der Waals surface area contributed by atoms with E-state index in [2.05, 4.69) is 26.1 Å². The third-order valence-corrected chi connectivity index (χ3v) is 3.42. The molecule has 0 saturated heterocycles. The summed E-state index contributed by atoms with van der Waals surface area (Å²) in [6.07, 6.45) is 2.05. The average Bonchev–Trinajstić information content (AvgIpc) is 2.72. The van der Waals surface area contributed by atoms with Gasteiger partial charge < -0.3 is 5.32 Å². The highest BCUT2D eigenvalue weighted by Crippen LogP contribution is 2.26. The summed E-state index contributed by atoms with van der Waals surface area (Å²) in [5.74, 6) is 0.440. The summed E-state index contributed by atoms with van der Waals surface area (Å²) in [5.41, 5.74) is 1.27. The molecule has 1 aromatic rings. The first-order chi connectivity index (χ1) is 8.04. The van der Waals surface area contributed by atoms with Gasteiger partial charge in [0.2, 0.25) is 0 Å². The number of nitrogens with one attached hydrogen (secondary N) is 1. The maximum Gasteiger partial charge on any atom is 0.324 e. The zero-order valence-electron chi connectivity index (χ0n) is 10.4. The van der Waals surface area contributed by atoms with Crippen molar-refractivity contribution >= 4 is 22.4 Å². The molecule has 0 saturated carbocycles. The SMILES string of the molecule is CCNC/C(=C/c1ccc([N+](=O)[O-])s1)C(C)C. The van der Waals surface area contributed by atoms with Gasteiger partial charge >= 0.3 is 5.00 Å². The highest BCUT2D eigenvalue weighted by atomic mass is 32.1. The third-order valence-electron chi connectivity index (χ3n) is 2.44. The largest absolute Gasteiger partial charge is 0.324 e. The molecule has 17 heavy (non-hydrogen) atoms. The molecule has 5 heteroatoms. The van der Waals surface area contributed by atoms with Gasteiger partial charge in [-0.3, -0.25) is 10.1 Å². The molecule has 0 aliphatic heterocycles. The Morgan fingerprint density at radius 1 is 1.59 bits per heavy atom. The summed E-state index contributed by atoms with van der Waals surface area (Å²) >= 11 is 1.22. The molecular weight excluding hydrogens is 236 g/mol. The van der Waals surface area contributed by atoms with Crippen LogP contribution in [-0.4, -0.2) is 18.0 Å². The van der Waals surface area contributed by atoms with Crippen LogP contribution in [-0.2, 0) is 0 Å². The Labute approximate surface area is 106 Å². The van der Waals surface area contributed by atoms with Gasteiger partial charge in [-0.25, -0.2) is 0 Å². The van der Waals surface area contributed by atoms with Gasteiger partial charge in [0.25, 0.3) is 0 Å². The zero-order valence-corrected chi connectivity index (χ0v) is 11.2. The van der Waals surface area contributed by atoms with Crippen molar-refractivity contribution in [3.63, 3.8) is 0 Å². The van der Waals surface area contributed by atoms with Crippen LogP contribution < -0.4 is 5.32 Å².